The van der Waals surface area contributed by atoms with Gasteiger partial charge in [-0.15, -0.1) is 6.42 Å². The van der Waals surface area contributed by atoms with Crippen LogP contribution in [0.25, 0.3) is 0 Å². The molecule has 0 aromatic carbocycles. The largest absolute Gasteiger partial charge is 0.509 e. The summed E-state index contributed by atoms with van der Waals surface area (Å²) in [6.45, 7) is 9.34. The normalized spacial score (nSPS) is 24.4. The second kappa shape index (κ2) is 11.1. The first-order chi connectivity index (χ1) is 16.0. The molecule has 0 radical (unpaired) electrons. The molecule has 1 aromatic rings. The predicted octanol–water partition coefficient (Wildman–Crippen LogP) is 1.70. The molecule has 0 bridgehead atoms. The number of hydrogen-bond donors (Lipinski definition) is 2. The summed E-state index contributed by atoms with van der Waals surface area (Å²) in [6, 6.07) is 1.05. The molecule has 0 spiro atoms. The Balaban J connectivity index is 2.51. The van der Waals surface area contributed by atoms with Gasteiger partial charge < -0.3 is 23.8 Å². The summed E-state index contributed by atoms with van der Waals surface area (Å²) < 4.78 is 46.0. The van der Waals surface area contributed by atoms with Crippen LogP contribution in [0.4, 0.5) is 4.79 Å². The molecule has 1 aliphatic heterocycles. The summed E-state index contributed by atoms with van der Waals surface area (Å²) in [5, 5.41) is 0. The van der Waals surface area contributed by atoms with Crippen LogP contribution in [0.1, 0.15) is 47.8 Å². The Labute approximate surface area is 202 Å². The van der Waals surface area contributed by atoms with Crippen molar-refractivity contribution in [2.45, 2.75) is 77.3 Å². The maximum Gasteiger partial charge on any atom is 0.509 e. The van der Waals surface area contributed by atoms with E-state index in [4.69, 9.17) is 34.4 Å². The average Bonchev–Trinajstić information content (AvgIpc) is 2.98. The minimum atomic E-state index is -4.75. The molecule has 196 valence electrons. The number of terminal acetylenes is 1. The lowest BCUT2D eigenvalue weighted by Gasteiger charge is -2.29. The molecule has 2 N–H and O–H groups in total. The van der Waals surface area contributed by atoms with Crippen molar-refractivity contribution in [1.29, 1.82) is 0 Å². The predicted molar refractivity (Wildman–Crippen MR) is 122 cm³/mol. The SMILES string of the molecule is C#CCOC(=O)O[C@H]1C(OP(=O)(O)OC(C)(C)C)[C@@H](COC(C)(C)C)O[C@H]1n1ccc(=O)[nH]c1=O. The van der Waals surface area contributed by atoms with Crippen LogP contribution in [0.15, 0.2) is 21.9 Å². The summed E-state index contributed by atoms with van der Waals surface area (Å²) >= 11 is 0. The average molecular weight is 518 g/mol. The van der Waals surface area contributed by atoms with E-state index in [-0.39, 0.29) is 6.61 Å². The number of H-pyrrole nitrogens is 1. The number of aromatic amines is 1. The number of nitrogens with one attached hydrogen (secondary N) is 1. The monoisotopic (exact) mass is 518 g/mol. The number of phosphoric acid groups is 1. The van der Waals surface area contributed by atoms with Gasteiger partial charge in [0.2, 0.25) is 0 Å². The molecule has 1 aliphatic rings. The van der Waals surface area contributed by atoms with Gasteiger partial charge in [-0.05, 0) is 41.5 Å². The maximum absolute atomic E-state index is 12.8. The smallest absolute Gasteiger partial charge is 0.423 e. The van der Waals surface area contributed by atoms with Gasteiger partial charge in [0.15, 0.2) is 18.9 Å². The minimum Gasteiger partial charge on any atom is -0.423 e. The van der Waals surface area contributed by atoms with E-state index >= 15 is 0 Å². The fourth-order valence-corrected chi connectivity index (χ4v) is 4.34. The Morgan fingerprint density at radius 3 is 2.43 bits per heavy atom. The lowest BCUT2D eigenvalue weighted by molar-refractivity contribution is -0.101. The van der Waals surface area contributed by atoms with Crippen LogP contribution < -0.4 is 11.2 Å². The summed E-state index contributed by atoms with van der Waals surface area (Å²) in [6.07, 6.45) is -0.520. The van der Waals surface area contributed by atoms with Crippen molar-refractivity contribution in [3.8, 4) is 12.3 Å². The molecule has 2 heterocycles. The van der Waals surface area contributed by atoms with Crippen molar-refractivity contribution in [3.63, 3.8) is 0 Å². The van der Waals surface area contributed by atoms with Crippen LogP contribution in [0.3, 0.4) is 0 Å². The Morgan fingerprint density at radius 1 is 1.23 bits per heavy atom. The minimum absolute atomic E-state index is 0.183. The van der Waals surface area contributed by atoms with Crippen molar-refractivity contribution >= 4 is 14.0 Å². The zero-order valence-corrected chi connectivity index (χ0v) is 21.3. The Morgan fingerprint density at radius 2 is 1.89 bits per heavy atom. The van der Waals surface area contributed by atoms with Gasteiger partial charge in [0.1, 0.15) is 12.2 Å². The molecular weight excluding hydrogens is 487 g/mol. The molecular formula is C21H31N2O11P. The lowest BCUT2D eigenvalue weighted by Crippen LogP contribution is -2.42. The topological polar surface area (TPSA) is 165 Å². The Bertz CT molecular complexity index is 1090. The molecule has 1 aromatic heterocycles. The van der Waals surface area contributed by atoms with Gasteiger partial charge in [0, 0.05) is 12.3 Å². The van der Waals surface area contributed by atoms with Crippen molar-refractivity contribution in [2.24, 2.45) is 0 Å². The fraction of sp³-hybridized carbons (Fsp3) is 0.667. The molecule has 2 rings (SSSR count). The van der Waals surface area contributed by atoms with E-state index in [1.807, 2.05) is 0 Å². The second-order valence-corrected chi connectivity index (χ2v) is 10.9. The molecule has 13 nitrogen and oxygen atoms in total. The first-order valence-electron chi connectivity index (χ1n) is 10.6. The van der Waals surface area contributed by atoms with Crippen LogP contribution >= 0.6 is 7.82 Å². The highest BCUT2D eigenvalue weighted by Crippen LogP contribution is 2.51. The lowest BCUT2D eigenvalue weighted by atomic mass is 10.1. The van der Waals surface area contributed by atoms with E-state index in [0.29, 0.717) is 0 Å². The summed E-state index contributed by atoms with van der Waals surface area (Å²) in [7, 11) is -4.75. The van der Waals surface area contributed by atoms with Gasteiger partial charge in [-0.2, -0.15) is 0 Å². The van der Waals surface area contributed by atoms with Crippen LogP contribution in [0.5, 0.6) is 0 Å². The van der Waals surface area contributed by atoms with Crippen LogP contribution in [0.2, 0.25) is 0 Å². The van der Waals surface area contributed by atoms with Gasteiger partial charge >= 0.3 is 19.7 Å². The van der Waals surface area contributed by atoms with Crippen LogP contribution in [-0.4, -0.2) is 63.3 Å². The van der Waals surface area contributed by atoms with Crippen molar-refractivity contribution in [3.05, 3.63) is 33.1 Å². The molecule has 0 aliphatic carbocycles. The first-order valence-corrected chi connectivity index (χ1v) is 12.1. The first kappa shape index (κ1) is 28.8. The van der Waals surface area contributed by atoms with Crippen molar-refractivity contribution in [1.82, 2.24) is 9.55 Å². The van der Waals surface area contributed by atoms with Crippen LogP contribution in [0, 0.1) is 12.3 Å². The number of carbonyl (C=O) groups is 1. The molecule has 2 unspecified atom stereocenters. The van der Waals surface area contributed by atoms with Crippen molar-refractivity contribution < 1.29 is 42.2 Å². The molecule has 1 saturated heterocycles. The van der Waals surface area contributed by atoms with E-state index in [1.165, 1.54) is 0 Å². The number of ether oxygens (including phenoxy) is 4. The van der Waals surface area contributed by atoms with Gasteiger partial charge in [0.05, 0.1) is 17.8 Å². The molecule has 0 amide bonds. The summed E-state index contributed by atoms with van der Waals surface area (Å²) in [5.74, 6) is 2.10. The fourth-order valence-electron chi connectivity index (χ4n) is 3.05. The summed E-state index contributed by atoms with van der Waals surface area (Å²) in [4.78, 5) is 48.7. The standard InChI is InChI=1S/C21H31N2O11P/c1-8-11-29-19(26)32-16-15(33-35(27,28)34-21(5,6)7)13(12-30-20(2,3)4)31-17(16)23-10-9-14(24)22-18(23)25/h1,9-10,13,15-17H,11-12H2,2-7H3,(H,27,28)(H,22,24,25)/t13-,15?,16+,17-/m1/s1. The number of hydrogen-bond acceptors (Lipinski definition) is 10. The van der Waals surface area contributed by atoms with Gasteiger partial charge in [0.25, 0.3) is 5.56 Å². The number of rotatable bonds is 8. The van der Waals surface area contributed by atoms with E-state index in [1.54, 1.807) is 41.5 Å². The highest BCUT2D eigenvalue weighted by atomic mass is 31.2. The Hall–Kier alpha value is -2.46. The highest BCUT2D eigenvalue weighted by Gasteiger charge is 2.53. The summed E-state index contributed by atoms with van der Waals surface area (Å²) in [5.41, 5.74) is -3.28. The number of carbonyl (C=O) groups excluding carboxylic acids is 1. The maximum atomic E-state index is 12.8. The number of phosphoric ester groups is 1. The van der Waals surface area contributed by atoms with Gasteiger partial charge in [-0.3, -0.25) is 23.4 Å². The zero-order chi connectivity index (χ0) is 26.6. The Kier molecular flexibility index (Phi) is 9.10. The van der Waals surface area contributed by atoms with E-state index < -0.39 is 67.6 Å². The third kappa shape index (κ3) is 8.92. The molecule has 35 heavy (non-hydrogen) atoms. The van der Waals surface area contributed by atoms with Gasteiger partial charge in [-0.1, -0.05) is 5.92 Å². The highest BCUT2D eigenvalue weighted by molar-refractivity contribution is 7.47. The molecule has 0 saturated carbocycles. The van der Waals surface area contributed by atoms with E-state index in [2.05, 4.69) is 10.9 Å². The quantitative estimate of drug-likeness (QED) is 0.292. The molecule has 1 fully saturated rings. The van der Waals surface area contributed by atoms with E-state index in [0.717, 1.165) is 16.8 Å². The molecule has 14 heteroatoms. The van der Waals surface area contributed by atoms with Gasteiger partial charge in [-0.25, -0.2) is 14.2 Å². The third-order valence-electron chi connectivity index (χ3n) is 4.24. The van der Waals surface area contributed by atoms with Crippen molar-refractivity contribution in [2.75, 3.05) is 13.2 Å². The zero-order valence-electron chi connectivity index (χ0n) is 20.4. The number of nitrogens with zero attached hydrogens (tertiary/aromatic N) is 1. The van der Waals surface area contributed by atoms with E-state index in [9.17, 15) is 23.8 Å². The third-order valence-corrected chi connectivity index (χ3v) is 5.53. The van der Waals surface area contributed by atoms with Crippen LogP contribution in [-0.2, 0) is 32.6 Å². The molecule has 5 atom stereocenters. The number of aromatic nitrogens is 2. The second-order valence-electron chi connectivity index (χ2n) is 9.57.